The van der Waals surface area contributed by atoms with E-state index in [0.29, 0.717) is 16.0 Å². The van der Waals surface area contributed by atoms with E-state index in [9.17, 15) is 5.11 Å². The van der Waals surface area contributed by atoms with Gasteiger partial charge in [0.05, 0.1) is 10.4 Å². The van der Waals surface area contributed by atoms with Gasteiger partial charge in [-0.15, -0.1) is 0 Å². The molecule has 3 heteroatoms. The number of aromatic hydroxyl groups is 1. The van der Waals surface area contributed by atoms with Gasteiger partial charge in [0.1, 0.15) is 6.26 Å². The van der Waals surface area contributed by atoms with Crippen molar-refractivity contribution < 1.29 is 9.52 Å². The van der Waals surface area contributed by atoms with E-state index in [1.165, 1.54) is 6.26 Å². The maximum Gasteiger partial charge on any atom is 0.161 e. The molecule has 0 unspecified atom stereocenters. The Balaban J connectivity index is 2.94. The van der Waals surface area contributed by atoms with Gasteiger partial charge in [0.2, 0.25) is 0 Å². The molecule has 0 spiro atoms. The zero-order valence-electron chi connectivity index (χ0n) is 5.54. The number of halogens is 1. The predicted molar refractivity (Wildman–Crippen MR) is 42.9 cm³/mol. The number of fused-ring (bicyclic) bond motifs is 1. The van der Waals surface area contributed by atoms with Crippen molar-refractivity contribution in [2.24, 2.45) is 0 Å². The highest BCUT2D eigenvalue weighted by Gasteiger charge is 2.05. The molecule has 56 valence electrons. The van der Waals surface area contributed by atoms with E-state index in [1.54, 1.807) is 18.2 Å². The van der Waals surface area contributed by atoms with E-state index >= 15 is 0 Å². The summed E-state index contributed by atoms with van der Waals surface area (Å²) in [7, 11) is 0. The van der Waals surface area contributed by atoms with Gasteiger partial charge < -0.3 is 9.52 Å². The minimum Gasteiger partial charge on any atom is -0.504 e. The summed E-state index contributed by atoms with van der Waals surface area (Å²) in [6.07, 6.45) is 1.27. The van der Waals surface area contributed by atoms with Crippen molar-refractivity contribution >= 4 is 22.6 Å². The summed E-state index contributed by atoms with van der Waals surface area (Å²) in [5.41, 5.74) is 0.534. The second-order valence-corrected chi connectivity index (χ2v) is 2.64. The first kappa shape index (κ1) is 6.55. The average molecular weight is 169 g/mol. The molecule has 0 aliphatic carbocycles. The van der Waals surface area contributed by atoms with Crippen LogP contribution in [-0.4, -0.2) is 5.11 Å². The Morgan fingerprint density at radius 2 is 2.18 bits per heavy atom. The molecule has 0 saturated carbocycles. The predicted octanol–water partition coefficient (Wildman–Crippen LogP) is 2.79. The van der Waals surface area contributed by atoms with Crippen LogP contribution >= 0.6 is 11.6 Å². The second-order valence-electron chi connectivity index (χ2n) is 2.24. The minimum absolute atomic E-state index is 0.127. The molecule has 0 aliphatic heterocycles. The van der Waals surface area contributed by atoms with E-state index < -0.39 is 0 Å². The molecule has 1 aromatic carbocycles. The van der Waals surface area contributed by atoms with Crippen LogP contribution in [0.2, 0.25) is 5.02 Å². The standard InChI is InChI=1S/C8H5ClO2/c9-6-3-1-2-5-7(10)4-11-8(5)6/h1-4,10H. The van der Waals surface area contributed by atoms with Crippen LogP contribution in [0.15, 0.2) is 28.9 Å². The van der Waals surface area contributed by atoms with E-state index in [1.807, 2.05) is 0 Å². The SMILES string of the molecule is Oc1coc2c(Cl)cccc12. The first-order chi connectivity index (χ1) is 5.29. The normalized spacial score (nSPS) is 10.6. The van der Waals surface area contributed by atoms with Gasteiger partial charge in [-0.2, -0.15) is 0 Å². The molecule has 0 radical (unpaired) electrons. The minimum atomic E-state index is 0.127. The fourth-order valence-corrected chi connectivity index (χ4v) is 1.23. The Kier molecular flexibility index (Phi) is 1.29. The van der Waals surface area contributed by atoms with Gasteiger partial charge in [0.15, 0.2) is 11.3 Å². The number of rotatable bonds is 0. The van der Waals surface area contributed by atoms with Crippen molar-refractivity contribution in [1.29, 1.82) is 0 Å². The smallest absolute Gasteiger partial charge is 0.161 e. The fourth-order valence-electron chi connectivity index (χ4n) is 1.01. The molecule has 0 saturated heterocycles. The Morgan fingerprint density at radius 1 is 1.36 bits per heavy atom. The topological polar surface area (TPSA) is 33.4 Å². The van der Waals surface area contributed by atoms with Gasteiger partial charge in [-0.3, -0.25) is 0 Å². The molecular weight excluding hydrogens is 164 g/mol. The van der Waals surface area contributed by atoms with Crippen LogP contribution in [-0.2, 0) is 0 Å². The Bertz CT molecular complexity index is 392. The first-order valence-corrected chi connectivity index (χ1v) is 3.51. The highest BCUT2D eigenvalue weighted by Crippen LogP contribution is 2.31. The number of para-hydroxylation sites is 1. The van der Waals surface area contributed by atoms with Crippen LogP contribution in [0.1, 0.15) is 0 Å². The third kappa shape index (κ3) is 0.870. The number of hydrogen-bond acceptors (Lipinski definition) is 2. The average Bonchev–Trinajstić information content (AvgIpc) is 2.35. The maximum atomic E-state index is 9.18. The van der Waals surface area contributed by atoms with Crippen LogP contribution in [0.4, 0.5) is 0 Å². The lowest BCUT2D eigenvalue weighted by molar-refractivity contribution is 0.464. The molecule has 1 N–H and O–H groups in total. The number of hydrogen-bond donors (Lipinski definition) is 1. The first-order valence-electron chi connectivity index (χ1n) is 3.14. The molecule has 0 fully saturated rings. The zero-order chi connectivity index (χ0) is 7.84. The highest BCUT2D eigenvalue weighted by molar-refractivity contribution is 6.34. The third-order valence-electron chi connectivity index (χ3n) is 1.53. The zero-order valence-corrected chi connectivity index (χ0v) is 6.30. The molecule has 0 atom stereocenters. The van der Waals surface area contributed by atoms with Crippen LogP contribution in [0.5, 0.6) is 5.75 Å². The van der Waals surface area contributed by atoms with Gasteiger partial charge in [0.25, 0.3) is 0 Å². The van der Waals surface area contributed by atoms with Gasteiger partial charge >= 0.3 is 0 Å². The molecule has 1 aromatic heterocycles. The summed E-state index contributed by atoms with van der Waals surface area (Å²) in [5.74, 6) is 0.127. The molecule has 0 aliphatic rings. The van der Waals surface area contributed by atoms with Gasteiger partial charge in [-0.1, -0.05) is 17.7 Å². The maximum absolute atomic E-state index is 9.18. The van der Waals surface area contributed by atoms with Crippen LogP contribution in [0.25, 0.3) is 11.0 Å². The molecule has 0 bridgehead atoms. The van der Waals surface area contributed by atoms with E-state index in [0.717, 1.165) is 0 Å². The molecule has 11 heavy (non-hydrogen) atoms. The van der Waals surface area contributed by atoms with E-state index in [2.05, 4.69) is 0 Å². The summed E-state index contributed by atoms with van der Waals surface area (Å²) in [4.78, 5) is 0. The Morgan fingerprint density at radius 3 is 2.91 bits per heavy atom. The van der Waals surface area contributed by atoms with Crippen LogP contribution in [0, 0.1) is 0 Å². The lowest BCUT2D eigenvalue weighted by Crippen LogP contribution is -1.65. The largest absolute Gasteiger partial charge is 0.504 e. The summed E-state index contributed by atoms with van der Waals surface area (Å²) in [5, 5.41) is 10.4. The summed E-state index contributed by atoms with van der Waals surface area (Å²) >= 11 is 5.77. The third-order valence-corrected chi connectivity index (χ3v) is 1.83. The van der Waals surface area contributed by atoms with Crippen molar-refractivity contribution in [3.63, 3.8) is 0 Å². The van der Waals surface area contributed by atoms with Gasteiger partial charge in [-0.25, -0.2) is 0 Å². The highest BCUT2D eigenvalue weighted by atomic mass is 35.5. The Labute approximate surface area is 68.0 Å². The van der Waals surface area contributed by atoms with Crippen LogP contribution < -0.4 is 0 Å². The van der Waals surface area contributed by atoms with Gasteiger partial charge in [-0.05, 0) is 12.1 Å². The van der Waals surface area contributed by atoms with Crippen molar-refractivity contribution in [3.05, 3.63) is 29.5 Å². The lowest BCUT2D eigenvalue weighted by Gasteiger charge is -1.89. The van der Waals surface area contributed by atoms with Crippen molar-refractivity contribution in [3.8, 4) is 5.75 Å². The number of furan rings is 1. The summed E-state index contributed by atoms with van der Waals surface area (Å²) in [6, 6.07) is 5.23. The van der Waals surface area contributed by atoms with E-state index in [-0.39, 0.29) is 5.75 Å². The molecule has 2 rings (SSSR count). The quantitative estimate of drug-likeness (QED) is 0.656. The molecule has 1 heterocycles. The van der Waals surface area contributed by atoms with Gasteiger partial charge in [0, 0.05) is 0 Å². The lowest BCUT2D eigenvalue weighted by atomic mass is 10.2. The van der Waals surface area contributed by atoms with Crippen LogP contribution in [0.3, 0.4) is 0 Å². The monoisotopic (exact) mass is 168 g/mol. The fraction of sp³-hybridized carbons (Fsp3) is 0. The molecule has 2 nitrogen and oxygen atoms in total. The van der Waals surface area contributed by atoms with E-state index in [4.69, 9.17) is 16.0 Å². The van der Waals surface area contributed by atoms with Crippen molar-refractivity contribution in [1.82, 2.24) is 0 Å². The summed E-state index contributed by atoms with van der Waals surface area (Å²) in [6.45, 7) is 0. The number of benzene rings is 1. The molecule has 2 aromatic rings. The summed E-state index contributed by atoms with van der Waals surface area (Å²) < 4.78 is 5.00. The Hall–Kier alpha value is -1.15. The second kappa shape index (κ2) is 2.17. The molecule has 0 amide bonds. The van der Waals surface area contributed by atoms with Crippen molar-refractivity contribution in [2.75, 3.05) is 0 Å². The van der Waals surface area contributed by atoms with Crippen molar-refractivity contribution in [2.45, 2.75) is 0 Å². The molecular formula is C8H5ClO2.